The van der Waals surface area contributed by atoms with Crippen LogP contribution in [0.15, 0.2) is 24.7 Å². The Morgan fingerprint density at radius 1 is 1.39 bits per heavy atom. The molecule has 2 heterocycles. The number of nitrogens with one attached hydrogen (secondary N) is 1. The minimum absolute atomic E-state index is 0.337. The van der Waals surface area contributed by atoms with Gasteiger partial charge in [0.2, 0.25) is 0 Å². The monoisotopic (exact) mass is 264 g/mol. The van der Waals surface area contributed by atoms with Crippen LogP contribution in [0.3, 0.4) is 0 Å². The Labute approximate surface area is 112 Å². The van der Waals surface area contributed by atoms with Crippen molar-refractivity contribution in [2.24, 2.45) is 0 Å². The van der Waals surface area contributed by atoms with Gasteiger partial charge in [-0.15, -0.1) is 0 Å². The van der Waals surface area contributed by atoms with E-state index in [1.807, 2.05) is 23.1 Å². The van der Waals surface area contributed by atoms with Crippen LogP contribution < -0.4 is 5.32 Å². The first kappa shape index (κ1) is 12.9. The van der Waals surface area contributed by atoms with Crippen LogP contribution in [0.25, 0.3) is 11.1 Å². The van der Waals surface area contributed by atoms with Crippen LogP contribution in [0.4, 0.5) is 5.69 Å². The molecule has 0 bridgehead atoms. The maximum atomic E-state index is 5.95. The second kappa shape index (κ2) is 5.40. The molecular weight excluding hydrogens is 248 g/mol. The van der Waals surface area contributed by atoms with Gasteiger partial charge >= 0.3 is 0 Å². The minimum Gasteiger partial charge on any atom is -0.382 e. The van der Waals surface area contributed by atoms with E-state index < -0.39 is 0 Å². The quantitative estimate of drug-likeness (QED) is 0.861. The van der Waals surface area contributed by atoms with Gasteiger partial charge in [-0.05, 0) is 26.8 Å². The van der Waals surface area contributed by atoms with Gasteiger partial charge in [0.15, 0.2) is 0 Å². The van der Waals surface area contributed by atoms with Gasteiger partial charge in [0.05, 0.1) is 6.20 Å². The summed E-state index contributed by atoms with van der Waals surface area (Å²) in [6.45, 7) is 7.10. The van der Waals surface area contributed by atoms with Gasteiger partial charge in [-0.25, -0.2) is 4.98 Å². The van der Waals surface area contributed by atoms with Crippen molar-refractivity contribution in [3.63, 3.8) is 0 Å². The molecule has 0 amide bonds. The SMILES string of the molecule is CCn1cc(-c2cnc(Cl)cc2NC(C)C)cn1. The number of halogens is 1. The maximum Gasteiger partial charge on any atom is 0.131 e. The van der Waals surface area contributed by atoms with Gasteiger partial charge in [-0.2, -0.15) is 5.10 Å². The number of rotatable bonds is 4. The number of nitrogens with zero attached hydrogens (tertiary/aromatic N) is 3. The topological polar surface area (TPSA) is 42.7 Å². The van der Waals surface area contributed by atoms with Gasteiger partial charge in [0.1, 0.15) is 5.15 Å². The van der Waals surface area contributed by atoms with E-state index in [1.165, 1.54) is 0 Å². The summed E-state index contributed by atoms with van der Waals surface area (Å²) in [6, 6.07) is 2.18. The van der Waals surface area contributed by atoms with E-state index in [-0.39, 0.29) is 0 Å². The molecule has 2 aromatic rings. The van der Waals surface area contributed by atoms with E-state index >= 15 is 0 Å². The molecule has 2 aromatic heterocycles. The maximum absolute atomic E-state index is 5.95. The number of pyridine rings is 1. The molecule has 4 nitrogen and oxygen atoms in total. The Bertz CT molecular complexity index is 534. The zero-order valence-corrected chi connectivity index (χ0v) is 11.6. The molecular formula is C13H17ClN4. The lowest BCUT2D eigenvalue weighted by Crippen LogP contribution is -2.10. The molecule has 0 unspecified atom stereocenters. The van der Waals surface area contributed by atoms with Crippen LogP contribution >= 0.6 is 11.6 Å². The summed E-state index contributed by atoms with van der Waals surface area (Å²) in [5, 5.41) is 8.15. The molecule has 0 saturated carbocycles. The van der Waals surface area contributed by atoms with E-state index in [9.17, 15) is 0 Å². The van der Waals surface area contributed by atoms with Gasteiger partial charge in [0, 0.05) is 41.8 Å². The third-order valence-electron chi connectivity index (χ3n) is 2.58. The highest BCUT2D eigenvalue weighted by Crippen LogP contribution is 2.29. The average Bonchev–Trinajstić information content (AvgIpc) is 2.77. The number of anilines is 1. The molecule has 1 N–H and O–H groups in total. The van der Waals surface area contributed by atoms with E-state index in [0.717, 1.165) is 23.4 Å². The molecule has 5 heteroatoms. The molecule has 0 saturated heterocycles. The Kier molecular flexibility index (Phi) is 3.87. The molecule has 0 atom stereocenters. The fourth-order valence-corrected chi connectivity index (χ4v) is 1.92. The van der Waals surface area contributed by atoms with Crippen LogP contribution in [-0.4, -0.2) is 20.8 Å². The summed E-state index contributed by atoms with van der Waals surface area (Å²) in [7, 11) is 0. The Morgan fingerprint density at radius 2 is 2.17 bits per heavy atom. The first-order chi connectivity index (χ1) is 8.60. The van der Waals surface area contributed by atoms with Crippen LogP contribution in [-0.2, 0) is 6.54 Å². The van der Waals surface area contributed by atoms with E-state index in [1.54, 1.807) is 6.20 Å². The number of aromatic nitrogens is 3. The van der Waals surface area contributed by atoms with Crippen molar-refractivity contribution >= 4 is 17.3 Å². The lowest BCUT2D eigenvalue weighted by atomic mass is 10.1. The number of hydrogen-bond donors (Lipinski definition) is 1. The molecule has 0 aliphatic carbocycles. The van der Waals surface area contributed by atoms with Crippen molar-refractivity contribution < 1.29 is 0 Å². The summed E-state index contributed by atoms with van der Waals surface area (Å²) in [5.41, 5.74) is 3.05. The third-order valence-corrected chi connectivity index (χ3v) is 2.79. The Balaban J connectivity index is 2.42. The third kappa shape index (κ3) is 2.82. The highest BCUT2D eigenvalue weighted by molar-refractivity contribution is 6.29. The van der Waals surface area contributed by atoms with Crippen molar-refractivity contribution in [1.82, 2.24) is 14.8 Å². The lowest BCUT2D eigenvalue weighted by molar-refractivity contribution is 0.660. The van der Waals surface area contributed by atoms with Crippen LogP contribution in [0.1, 0.15) is 20.8 Å². The van der Waals surface area contributed by atoms with Crippen molar-refractivity contribution in [1.29, 1.82) is 0 Å². The predicted octanol–water partition coefficient (Wildman–Crippen LogP) is 3.44. The second-order valence-electron chi connectivity index (χ2n) is 4.44. The number of aryl methyl sites for hydroxylation is 1. The van der Waals surface area contributed by atoms with Gasteiger partial charge in [0.25, 0.3) is 0 Å². The molecule has 0 fully saturated rings. The lowest BCUT2D eigenvalue weighted by Gasteiger charge is -2.13. The molecule has 0 aliphatic heterocycles. The van der Waals surface area contributed by atoms with E-state index in [2.05, 4.69) is 36.2 Å². The average molecular weight is 265 g/mol. The van der Waals surface area contributed by atoms with E-state index in [0.29, 0.717) is 11.2 Å². The highest BCUT2D eigenvalue weighted by Gasteiger charge is 2.09. The Hall–Kier alpha value is -1.55. The normalized spacial score (nSPS) is 10.9. The molecule has 2 rings (SSSR count). The van der Waals surface area contributed by atoms with Crippen LogP contribution in [0, 0.1) is 0 Å². The second-order valence-corrected chi connectivity index (χ2v) is 4.82. The highest BCUT2D eigenvalue weighted by atomic mass is 35.5. The number of hydrogen-bond acceptors (Lipinski definition) is 3. The van der Waals surface area contributed by atoms with Crippen molar-refractivity contribution in [2.75, 3.05) is 5.32 Å². The zero-order valence-electron chi connectivity index (χ0n) is 10.8. The summed E-state index contributed by atoms with van der Waals surface area (Å²) >= 11 is 5.95. The first-order valence-corrected chi connectivity index (χ1v) is 6.43. The van der Waals surface area contributed by atoms with Crippen molar-refractivity contribution in [3.05, 3.63) is 29.8 Å². The summed E-state index contributed by atoms with van der Waals surface area (Å²) in [5.74, 6) is 0. The minimum atomic E-state index is 0.337. The van der Waals surface area contributed by atoms with E-state index in [4.69, 9.17) is 11.6 Å². The van der Waals surface area contributed by atoms with Crippen LogP contribution in [0.2, 0.25) is 5.15 Å². The molecule has 0 spiro atoms. The van der Waals surface area contributed by atoms with Crippen LogP contribution in [0.5, 0.6) is 0 Å². The fraction of sp³-hybridized carbons (Fsp3) is 0.385. The summed E-state index contributed by atoms with van der Waals surface area (Å²) < 4.78 is 1.89. The fourth-order valence-electron chi connectivity index (χ4n) is 1.77. The molecule has 0 aromatic carbocycles. The summed E-state index contributed by atoms with van der Waals surface area (Å²) in [4.78, 5) is 4.15. The van der Waals surface area contributed by atoms with Gasteiger partial charge in [-0.3, -0.25) is 4.68 Å². The smallest absolute Gasteiger partial charge is 0.131 e. The van der Waals surface area contributed by atoms with Crippen molar-refractivity contribution in [2.45, 2.75) is 33.4 Å². The van der Waals surface area contributed by atoms with Crippen molar-refractivity contribution in [3.8, 4) is 11.1 Å². The first-order valence-electron chi connectivity index (χ1n) is 6.05. The van der Waals surface area contributed by atoms with Gasteiger partial charge in [-0.1, -0.05) is 11.6 Å². The summed E-state index contributed by atoms with van der Waals surface area (Å²) in [6.07, 6.45) is 5.64. The molecule has 0 radical (unpaired) electrons. The molecule has 18 heavy (non-hydrogen) atoms. The van der Waals surface area contributed by atoms with Gasteiger partial charge < -0.3 is 5.32 Å². The largest absolute Gasteiger partial charge is 0.382 e. The predicted molar refractivity (Wildman–Crippen MR) is 74.9 cm³/mol. The zero-order chi connectivity index (χ0) is 13.1. The molecule has 96 valence electrons. The standard InChI is InChI=1S/C13H17ClN4/c1-4-18-8-10(6-16-18)11-7-15-13(14)5-12(11)17-9(2)3/h5-9H,4H2,1-3H3,(H,15,17). The molecule has 0 aliphatic rings. The Morgan fingerprint density at radius 3 is 2.78 bits per heavy atom.